The van der Waals surface area contributed by atoms with Crippen LogP contribution in [0.5, 0.6) is 5.75 Å². The number of rotatable bonds is 7. The fourth-order valence-electron chi connectivity index (χ4n) is 4.59. The highest BCUT2D eigenvalue weighted by molar-refractivity contribution is 7.92. The van der Waals surface area contributed by atoms with E-state index in [-0.39, 0.29) is 17.4 Å². The number of carbonyl (C=O) groups is 1. The summed E-state index contributed by atoms with van der Waals surface area (Å²) < 4.78 is 42.5. The molecule has 2 aliphatic rings. The van der Waals surface area contributed by atoms with Gasteiger partial charge in [0.25, 0.3) is 0 Å². The third-order valence-corrected chi connectivity index (χ3v) is 8.44. The topological polar surface area (TPSA) is 148 Å². The Labute approximate surface area is 202 Å². The number of hydrogen-bond acceptors (Lipinski definition) is 8. The van der Waals surface area contributed by atoms with E-state index in [1.165, 1.54) is 0 Å². The Morgan fingerprint density at radius 1 is 1.34 bits per heavy atom. The summed E-state index contributed by atoms with van der Waals surface area (Å²) in [6.07, 6.45) is 4.24. The molecule has 0 saturated carbocycles. The highest BCUT2D eigenvalue weighted by Crippen LogP contribution is 2.36. The molecule has 0 unspecified atom stereocenters. The third kappa shape index (κ3) is 4.56. The molecule has 3 N–H and O–H groups in total. The first kappa shape index (κ1) is 23.5. The average molecular weight is 502 g/mol. The van der Waals surface area contributed by atoms with E-state index in [1.807, 2.05) is 23.8 Å². The van der Waals surface area contributed by atoms with E-state index in [9.17, 15) is 13.2 Å². The van der Waals surface area contributed by atoms with Crippen LogP contribution in [0.3, 0.4) is 0 Å². The Kier molecular flexibility index (Phi) is 5.90. The number of nitrogens with zero attached hydrogens (tertiary/aromatic N) is 3. The summed E-state index contributed by atoms with van der Waals surface area (Å²) >= 11 is 0. The van der Waals surface area contributed by atoms with Gasteiger partial charge in [0.15, 0.2) is 9.84 Å². The van der Waals surface area contributed by atoms with Gasteiger partial charge >= 0.3 is 6.03 Å². The number of pyridine rings is 2. The molecule has 35 heavy (non-hydrogen) atoms. The predicted molar refractivity (Wildman–Crippen MR) is 129 cm³/mol. The van der Waals surface area contributed by atoms with E-state index in [0.717, 1.165) is 16.5 Å². The number of aromatic nitrogens is 3. The van der Waals surface area contributed by atoms with Crippen LogP contribution in [0.2, 0.25) is 0 Å². The number of primary amides is 1. The summed E-state index contributed by atoms with van der Waals surface area (Å²) in [7, 11) is -1.30. The second-order valence-corrected chi connectivity index (χ2v) is 11.2. The quantitative estimate of drug-likeness (QED) is 0.499. The first-order valence-electron chi connectivity index (χ1n) is 11.2. The summed E-state index contributed by atoms with van der Waals surface area (Å²) in [5.41, 5.74) is 6.95. The number of aryl methyl sites for hydroxylation is 1. The summed E-state index contributed by atoms with van der Waals surface area (Å²) in [6, 6.07) is 4.65. The van der Waals surface area contributed by atoms with Gasteiger partial charge in [-0.05, 0) is 12.5 Å². The molecule has 3 aromatic rings. The zero-order valence-corrected chi connectivity index (χ0v) is 20.3. The molecule has 2 aliphatic heterocycles. The molecule has 0 bridgehead atoms. The molecular weight excluding hydrogens is 474 g/mol. The highest BCUT2D eigenvalue weighted by atomic mass is 32.2. The van der Waals surface area contributed by atoms with Crippen LogP contribution in [0.15, 0.2) is 30.6 Å². The van der Waals surface area contributed by atoms with Crippen molar-refractivity contribution in [1.82, 2.24) is 14.5 Å². The van der Waals surface area contributed by atoms with Crippen molar-refractivity contribution < 1.29 is 27.4 Å². The second kappa shape index (κ2) is 8.77. The number of anilines is 1. The molecule has 5 rings (SSSR count). The molecule has 12 heteroatoms. The van der Waals surface area contributed by atoms with Gasteiger partial charge in [-0.25, -0.2) is 23.2 Å². The minimum absolute atomic E-state index is 0.0329. The van der Waals surface area contributed by atoms with Crippen LogP contribution in [0.25, 0.3) is 16.7 Å². The van der Waals surface area contributed by atoms with Gasteiger partial charge in [-0.15, -0.1) is 0 Å². The minimum atomic E-state index is -2.93. The molecule has 3 aromatic heterocycles. The second-order valence-electron chi connectivity index (χ2n) is 9.06. The molecule has 2 amide bonds. The van der Waals surface area contributed by atoms with Crippen molar-refractivity contribution in [2.75, 3.05) is 43.8 Å². The maximum Gasteiger partial charge on any atom is 0.317 e. The van der Waals surface area contributed by atoms with Crippen LogP contribution >= 0.6 is 0 Å². The maximum absolute atomic E-state index is 11.5. The number of nitrogens with two attached hydrogens (primary N) is 1. The Balaban J connectivity index is 1.57. The molecule has 0 aliphatic carbocycles. The van der Waals surface area contributed by atoms with Gasteiger partial charge in [0.1, 0.15) is 23.0 Å². The lowest BCUT2D eigenvalue weighted by Gasteiger charge is -2.28. The molecule has 1 atom stereocenters. The molecule has 11 nitrogen and oxygen atoms in total. The van der Waals surface area contributed by atoms with Crippen LogP contribution in [0, 0.1) is 12.8 Å². The van der Waals surface area contributed by atoms with Crippen molar-refractivity contribution in [3.05, 3.63) is 41.9 Å². The maximum atomic E-state index is 11.5. The summed E-state index contributed by atoms with van der Waals surface area (Å²) in [5.74, 6) is 1.70. The molecule has 0 aromatic carbocycles. The summed E-state index contributed by atoms with van der Waals surface area (Å²) in [4.78, 5) is 20.5. The van der Waals surface area contributed by atoms with Gasteiger partial charge < -0.3 is 24.5 Å². The van der Waals surface area contributed by atoms with Crippen molar-refractivity contribution in [2.24, 2.45) is 11.7 Å². The average Bonchev–Trinajstić information content (AvgIpc) is 3.41. The Morgan fingerprint density at radius 2 is 2.14 bits per heavy atom. The van der Waals surface area contributed by atoms with Crippen molar-refractivity contribution in [2.45, 2.75) is 18.9 Å². The van der Waals surface area contributed by atoms with Crippen molar-refractivity contribution in [3.63, 3.8) is 0 Å². The summed E-state index contributed by atoms with van der Waals surface area (Å²) in [5, 5.41) is 3.39. The number of urea groups is 1. The largest absolute Gasteiger partial charge is 0.493 e. The van der Waals surface area contributed by atoms with E-state index < -0.39 is 21.5 Å². The van der Waals surface area contributed by atoms with Gasteiger partial charge in [0, 0.05) is 62.0 Å². The Bertz CT molecular complexity index is 1380. The van der Waals surface area contributed by atoms with E-state index in [4.69, 9.17) is 24.9 Å². The Morgan fingerprint density at radius 3 is 2.80 bits per heavy atom. The number of sulfone groups is 1. The SMILES string of the molecule is CO[C@@]1(c2cc(OCC3CS(=O)(=O)C3)cc(-n3cc(C)c4cnc(NC(N)=O)cc43)n2)CCOC1. The molecule has 0 spiro atoms. The van der Waals surface area contributed by atoms with Crippen molar-refractivity contribution in [3.8, 4) is 11.6 Å². The van der Waals surface area contributed by atoms with Crippen LogP contribution in [-0.4, -0.2) is 67.4 Å². The number of methoxy groups -OCH3 is 1. The molecule has 2 fully saturated rings. The van der Waals surface area contributed by atoms with Gasteiger partial charge in [-0.3, -0.25) is 5.32 Å². The van der Waals surface area contributed by atoms with Crippen LogP contribution in [0.1, 0.15) is 17.7 Å². The molecule has 5 heterocycles. The normalized spacial score (nSPS) is 21.7. The standard InChI is InChI=1S/C23H27N5O6S/c1-14-9-28(18-7-20(27-22(24)29)25-8-17(14)18)21-6-16(34-10-15-11-35(30,31)12-15)5-19(26-21)23(32-2)3-4-33-13-23/h5-9,15H,3-4,10-13H2,1-2H3,(H3,24,25,27,29)/t23-/m0/s1. The first-order chi connectivity index (χ1) is 16.7. The van der Waals surface area contributed by atoms with Crippen LogP contribution in [0.4, 0.5) is 10.6 Å². The number of hydrogen-bond donors (Lipinski definition) is 2. The van der Waals surface area contributed by atoms with Crippen LogP contribution < -0.4 is 15.8 Å². The van der Waals surface area contributed by atoms with E-state index in [2.05, 4.69) is 10.3 Å². The zero-order chi connectivity index (χ0) is 24.8. The number of ether oxygens (including phenoxy) is 3. The third-order valence-electron chi connectivity index (χ3n) is 6.48. The van der Waals surface area contributed by atoms with E-state index in [0.29, 0.717) is 49.3 Å². The highest BCUT2D eigenvalue weighted by Gasteiger charge is 2.39. The van der Waals surface area contributed by atoms with E-state index in [1.54, 1.807) is 25.4 Å². The summed E-state index contributed by atoms with van der Waals surface area (Å²) in [6.45, 7) is 3.17. The number of fused-ring (bicyclic) bond motifs is 1. The van der Waals surface area contributed by atoms with Gasteiger partial charge in [-0.1, -0.05) is 0 Å². The van der Waals surface area contributed by atoms with Gasteiger partial charge in [-0.2, -0.15) is 0 Å². The molecular formula is C23H27N5O6S. The monoisotopic (exact) mass is 501 g/mol. The van der Waals surface area contributed by atoms with Crippen molar-refractivity contribution in [1.29, 1.82) is 0 Å². The van der Waals surface area contributed by atoms with Crippen molar-refractivity contribution >= 4 is 32.6 Å². The Hall–Kier alpha value is -3.22. The zero-order valence-electron chi connectivity index (χ0n) is 19.5. The minimum Gasteiger partial charge on any atom is -0.493 e. The van der Waals surface area contributed by atoms with Crippen LogP contribution in [-0.2, 0) is 24.9 Å². The lowest BCUT2D eigenvalue weighted by Crippen LogP contribution is -2.40. The lowest BCUT2D eigenvalue weighted by atomic mass is 9.97. The number of nitrogens with one attached hydrogen (secondary N) is 1. The number of carbonyl (C=O) groups excluding carboxylic acids is 1. The van der Waals surface area contributed by atoms with Gasteiger partial charge in [0.2, 0.25) is 0 Å². The first-order valence-corrected chi connectivity index (χ1v) is 13.0. The smallest absolute Gasteiger partial charge is 0.317 e. The van der Waals surface area contributed by atoms with E-state index >= 15 is 0 Å². The fraction of sp³-hybridized carbons (Fsp3) is 0.435. The molecule has 0 radical (unpaired) electrons. The molecule has 186 valence electrons. The lowest BCUT2D eigenvalue weighted by molar-refractivity contribution is -0.0247. The van der Waals surface area contributed by atoms with Gasteiger partial charge in [0.05, 0.1) is 35.9 Å². The predicted octanol–water partition coefficient (Wildman–Crippen LogP) is 1.90. The molecule has 2 saturated heterocycles. The number of amides is 2. The fourth-order valence-corrected chi connectivity index (χ4v) is 6.12.